The van der Waals surface area contributed by atoms with Gasteiger partial charge in [0.15, 0.2) is 0 Å². The fourth-order valence-corrected chi connectivity index (χ4v) is 10.2. The van der Waals surface area contributed by atoms with Gasteiger partial charge in [0.05, 0.1) is 11.2 Å². The van der Waals surface area contributed by atoms with E-state index in [2.05, 4.69) is 260 Å². The molecule has 1 aliphatic carbocycles. The number of benzene rings is 9. The van der Waals surface area contributed by atoms with Crippen molar-refractivity contribution in [1.82, 2.24) is 9.61 Å². The minimum Gasteiger partial charge on any atom is -0.310 e. The highest BCUT2D eigenvalue weighted by molar-refractivity contribution is 6.10. The van der Waals surface area contributed by atoms with Crippen molar-refractivity contribution in [2.75, 3.05) is 4.90 Å². The number of pyridine rings is 1. The lowest BCUT2D eigenvalue weighted by Gasteiger charge is -2.29. The van der Waals surface area contributed by atoms with Crippen LogP contribution in [-0.2, 0) is 5.41 Å². The molecule has 0 aliphatic heterocycles. The Kier molecular flexibility index (Phi) is 9.17. The predicted molar refractivity (Wildman–Crippen MR) is 272 cm³/mol. The van der Waals surface area contributed by atoms with Gasteiger partial charge in [-0.05, 0) is 104 Å². The molecule has 0 spiro atoms. The van der Waals surface area contributed by atoms with Gasteiger partial charge >= 0.3 is 0 Å². The van der Waals surface area contributed by atoms with E-state index in [-0.39, 0.29) is 5.41 Å². The Morgan fingerprint density at radius 2 is 0.892 bits per heavy atom. The monoisotopic (exact) mass is 831 g/mol. The molecular weight excluding hydrogens is 787 g/mol. The summed E-state index contributed by atoms with van der Waals surface area (Å²) in [5, 5.41) is 7.81. The van der Waals surface area contributed by atoms with Crippen LogP contribution in [0.2, 0.25) is 0 Å². The summed E-state index contributed by atoms with van der Waals surface area (Å²) in [6.45, 7) is 4.73. The van der Waals surface area contributed by atoms with Crippen LogP contribution in [-0.4, -0.2) is 9.61 Å². The van der Waals surface area contributed by atoms with E-state index in [1.807, 2.05) is 0 Å². The molecule has 9 aromatic carbocycles. The molecule has 12 rings (SSSR count). The second kappa shape index (κ2) is 15.5. The van der Waals surface area contributed by atoms with Crippen molar-refractivity contribution in [3.05, 3.63) is 248 Å². The van der Waals surface area contributed by atoms with Crippen LogP contribution in [0.1, 0.15) is 25.0 Å². The van der Waals surface area contributed by atoms with Gasteiger partial charge in [-0.15, -0.1) is 0 Å². The molecule has 0 bridgehead atoms. The topological polar surface area (TPSA) is 20.5 Å². The number of hydrogen-bond donors (Lipinski definition) is 0. The molecule has 65 heavy (non-hydrogen) atoms. The van der Waals surface area contributed by atoms with Crippen molar-refractivity contribution in [1.29, 1.82) is 0 Å². The van der Waals surface area contributed by atoms with E-state index >= 15 is 0 Å². The van der Waals surface area contributed by atoms with Gasteiger partial charge in [-0.1, -0.05) is 202 Å². The van der Waals surface area contributed by atoms with Crippen molar-refractivity contribution in [2.24, 2.45) is 0 Å². The van der Waals surface area contributed by atoms with E-state index in [4.69, 9.17) is 5.10 Å². The molecule has 0 atom stereocenters. The van der Waals surface area contributed by atoms with Crippen molar-refractivity contribution in [3.8, 4) is 67.0 Å². The van der Waals surface area contributed by atoms with Gasteiger partial charge in [-0.2, -0.15) is 5.10 Å². The van der Waals surface area contributed by atoms with Crippen molar-refractivity contribution in [3.63, 3.8) is 0 Å². The minimum absolute atomic E-state index is 0.173. The normalized spacial score (nSPS) is 12.6. The lowest BCUT2D eigenvalue weighted by Crippen LogP contribution is -2.16. The quantitative estimate of drug-likeness (QED) is 0.152. The second-order valence-corrected chi connectivity index (χ2v) is 17.6. The summed E-state index contributed by atoms with van der Waals surface area (Å²) in [6, 6.07) is 85.9. The van der Waals surface area contributed by atoms with Gasteiger partial charge in [0, 0.05) is 44.6 Å². The van der Waals surface area contributed by atoms with Crippen LogP contribution in [0, 0.1) is 0 Å². The smallest absolute Gasteiger partial charge is 0.101 e. The average Bonchev–Trinajstić information content (AvgIpc) is 3.88. The Bertz CT molecular complexity index is 3480. The maximum absolute atomic E-state index is 5.55. The Morgan fingerprint density at radius 1 is 0.385 bits per heavy atom. The van der Waals surface area contributed by atoms with E-state index in [0.29, 0.717) is 0 Å². The van der Waals surface area contributed by atoms with Crippen LogP contribution in [0.4, 0.5) is 17.1 Å². The van der Waals surface area contributed by atoms with E-state index in [0.717, 1.165) is 78.1 Å². The summed E-state index contributed by atoms with van der Waals surface area (Å²) in [5.74, 6) is 0. The summed E-state index contributed by atoms with van der Waals surface area (Å²) in [7, 11) is 0. The third-order valence-electron chi connectivity index (χ3n) is 13.4. The Labute approximate surface area is 380 Å². The molecule has 0 radical (unpaired) electrons. The molecule has 0 N–H and O–H groups in total. The second-order valence-electron chi connectivity index (χ2n) is 17.6. The lowest BCUT2D eigenvalue weighted by atomic mass is 9.82. The Hall–Kier alpha value is -8.27. The maximum Gasteiger partial charge on any atom is 0.101 e. The molecule has 3 nitrogen and oxygen atoms in total. The first-order chi connectivity index (χ1) is 32.0. The van der Waals surface area contributed by atoms with Gasteiger partial charge in [-0.25, -0.2) is 4.52 Å². The molecular formula is C62H45N3. The number of rotatable bonds is 8. The summed E-state index contributed by atoms with van der Waals surface area (Å²) < 4.78 is 2.19. The molecule has 308 valence electrons. The molecule has 2 aromatic heterocycles. The van der Waals surface area contributed by atoms with Crippen molar-refractivity contribution < 1.29 is 0 Å². The number of nitrogens with zero attached hydrogens (tertiary/aromatic N) is 3. The Balaban J connectivity index is 1.17. The third-order valence-corrected chi connectivity index (χ3v) is 13.4. The summed E-state index contributed by atoms with van der Waals surface area (Å²) >= 11 is 0. The van der Waals surface area contributed by atoms with Crippen LogP contribution >= 0.6 is 0 Å². The zero-order valence-electron chi connectivity index (χ0n) is 36.4. The third kappa shape index (κ3) is 6.55. The molecule has 0 fully saturated rings. The highest BCUT2D eigenvalue weighted by Crippen LogP contribution is 2.51. The minimum atomic E-state index is -0.173. The van der Waals surface area contributed by atoms with Crippen LogP contribution in [0.3, 0.4) is 0 Å². The Morgan fingerprint density at radius 3 is 1.52 bits per heavy atom. The molecule has 3 heteroatoms. The number of aromatic nitrogens is 2. The standard InChI is InChI=1S/C62H45N3/c1-62(2)56-31-19-18-30-53(56)54-35-34-51(41-57(54)62)64(52-37-48(42-20-8-3-9-21-42)36-49(38-52)43-22-10-4-11-23-43)50-33-32-47-39-58(44-24-12-5-13-25-44)65-61(55(47)40-50)59(45-26-14-6-15-27-45)60(63-65)46-28-16-7-17-29-46/h3-41H,1-2H3. The highest BCUT2D eigenvalue weighted by atomic mass is 15.2. The van der Waals surface area contributed by atoms with E-state index in [1.54, 1.807) is 0 Å². The maximum atomic E-state index is 5.55. The molecule has 0 unspecified atom stereocenters. The van der Waals surface area contributed by atoms with Gasteiger partial charge < -0.3 is 4.90 Å². The lowest BCUT2D eigenvalue weighted by molar-refractivity contribution is 0.660. The highest BCUT2D eigenvalue weighted by Gasteiger charge is 2.36. The first-order valence-electron chi connectivity index (χ1n) is 22.5. The van der Waals surface area contributed by atoms with Crippen LogP contribution in [0.5, 0.6) is 0 Å². The predicted octanol–water partition coefficient (Wildman–Crippen LogP) is 16.6. The van der Waals surface area contributed by atoms with Gasteiger partial charge in [0.1, 0.15) is 5.69 Å². The first kappa shape index (κ1) is 38.4. The molecule has 0 saturated carbocycles. The fraction of sp³-hybridized carbons (Fsp3) is 0.0484. The van der Waals surface area contributed by atoms with E-state index in [9.17, 15) is 0 Å². The van der Waals surface area contributed by atoms with Crippen LogP contribution < -0.4 is 4.90 Å². The molecule has 0 amide bonds. The van der Waals surface area contributed by atoms with Crippen LogP contribution in [0.15, 0.2) is 237 Å². The number of anilines is 3. The van der Waals surface area contributed by atoms with Crippen LogP contribution in [0.25, 0.3) is 83.3 Å². The zero-order valence-corrected chi connectivity index (χ0v) is 36.4. The average molecular weight is 832 g/mol. The summed E-state index contributed by atoms with van der Waals surface area (Å²) in [5.41, 5.74) is 20.5. The summed E-state index contributed by atoms with van der Waals surface area (Å²) in [4.78, 5) is 2.47. The summed E-state index contributed by atoms with van der Waals surface area (Å²) in [6.07, 6.45) is 0. The van der Waals surface area contributed by atoms with Gasteiger partial charge in [0.25, 0.3) is 0 Å². The van der Waals surface area contributed by atoms with E-state index in [1.165, 1.54) is 33.4 Å². The number of hydrogen-bond acceptors (Lipinski definition) is 2. The molecule has 2 heterocycles. The van der Waals surface area contributed by atoms with E-state index < -0.39 is 0 Å². The van der Waals surface area contributed by atoms with Crippen molar-refractivity contribution in [2.45, 2.75) is 19.3 Å². The zero-order chi connectivity index (χ0) is 43.5. The molecule has 1 aliphatic rings. The largest absolute Gasteiger partial charge is 0.310 e. The molecule has 0 saturated heterocycles. The van der Waals surface area contributed by atoms with Crippen molar-refractivity contribution >= 4 is 33.4 Å². The molecule has 11 aromatic rings. The fourth-order valence-electron chi connectivity index (χ4n) is 10.2. The first-order valence-corrected chi connectivity index (χ1v) is 22.5. The van der Waals surface area contributed by atoms with Gasteiger partial charge in [-0.3, -0.25) is 0 Å². The SMILES string of the molecule is CC1(C)c2ccccc2-c2ccc(N(c3cc(-c4ccccc4)cc(-c4ccccc4)c3)c3ccc4cc(-c5ccccc5)n5nc(-c6ccccc6)c(-c6ccccc6)c5c4c3)cc21. The van der Waals surface area contributed by atoms with Gasteiger partial charge in [0.2, 0.25) is 0 Å². The number of fused-ring (bicyclic) bond motifs is 6.